The van der Waals surface area contributed by atoms with Gasteiger partial charge in [0, 0.05) is 30.0 Å². The van der Waals surface area contributed by atoms with E-state index in [1.54, 1.807) is 16.8 Å². The van der Waals surface area contributed by atoms with Crippen LogP contribution in [0.15, 0.2) is 56.7 Å². The molecule has 0 amide bonds. The first-order valence-corrected chi connectivity index (χ1v) is 11.3. The van der Waals surface area contributed by atoms with E-state index >= 15 is 0 Å². The van der Waals surface area contributed by atoms with Gasteiger partial charge in [-0.2, -0.15) is 0 Å². The Morgan fingerprint density at radius 3 is 3.00 bits per heavy atom. The third-order valence-electron chi connectivity index (χ3n) is 4.94. The molecular weight excluding hydrogens is 408 g/mol. The fraction of sp³-hybridized carbons (Fsp3) is 0.300. The van der Waals surface area contributed by atoms with Gasteiger partial charge < -0.3 is 4.74 Å². The number of ether oxygens (including phenoxy) is 1. The van der Waals surface area contributed by atoms with Crippen molar-refractivity contribution in [1.82, 2.24) is 18.9 Å². The molecule has 1 atom stereocenters. The number of nitrogens with zero attached hydrogens (tertiary/aromatic N) is 4. The van der Waals surface area contributed by atoms with Crippen molar-refractivity contribution in [2.24, 2.45) is 0 Å². The van der Waals surface area contributed by atoms with Crippen LogP contribution in [0.5, 0.6) is 0 Å². The van der Waals surface area contributed by atoms with Crippen molar-refractivity contribution in [2.45, 2.75) is 36.4 Å². The van der Waals surface area contributed by atoms with Crippen LogP contribution in [-0.4, -0.2) is 31.6 Å². The average Bonchev–Trinajstić information content (AvgIpc) is 3.41. The van der Waals surface area contributed by atoms with Gasteiger partial charge in [-0.15, -0.1) is 11.3 Å². The topological polar surface area (TPSA) is 78.5 Å². The molecule has 1 saturated heterocycles. The van der Waals surface area contributed by atoms with Gasteiger partial charge in [-0.1, -0.05) is 23.9 Å². The number of hydrogen-bond acceptors (Lipinski definition) is 7. The minimum atomic E-state index is -0.102. The lowest BCUT2D eigenvalue weighted by molar-refractivity contribution is 0.0937. The summed E-state index contributed by atoms with van der Waals surface area (Å²) in [7, 11) is 0. The van der Waals surface area contributed by atoms with Crippen molar-refractivity contribution in [3.63, 3.8) is 0 Å². The number of para-hydroxylation sites is 1. The molecule has 1 fully saturated rings. The number of aromatic nitrogens is 4. The molecule has 0 unspecified atom stereocenters. The molecule has 3 aromatic heterocycles. The second-order valence-corrected chi connectivity index (χ2v) is 8.71. The minimum absolute atomic E-state index is 0.0280. The highest BCUT2D eigenvalue weighted by atomic mass is 32.2. The van der Waals surface area contributed by atoms with Crippen molar-refractivity contribution in [2.75, 3.05) is 6.61 Å². The molecule has 0 radical (unpaired) electrons. The average molecular weight is 427 g/mol. The van der Waals surface area contributed by atoms with Gasteiger partial charge in [0.1, 0.15) is 0 Å². The smallest absolute Gasteiger partial charge is 0.262 e. The number of thiazole rings is 1. The van der Waals surface area contributed by atoms with Crippen LogP contribution in [-0.2, 0) is 17.0 Å². The predicted molar refractivity (Wildman–Crippen MR) is 114 cm³/mol. The van der Waals surface area contributed by atoms with Crippen molar-refractivity contribution >= 4 is 39.0 Å². The molecule has 1 aliphatic rings. The Balaban J connectivity index is 1.51. The van der Waals surface area contributed by atoms with Gasteiger partial charge in [-0.25, -0.2) is 9.97 Å². The van der Waals surface area contributed by atoms with E-state index in [0.717, 1.165) is 19.4 Å². The normalized spacial score (nSPS) is 16.8. The maximum Gasteiger partial charge on any atom is 0.262 e. The number of hydrogen-bond donors (Lipinski definition) is 0. The standard InChI is InChI=1S/C20H18N4O3S2/c25-17-10-13(21-19-23(17)7-9-28-19)12-29-20-22-16-6-2-1-5-15(16)18(26)24(20)11-14-4-3-8-27-14/h1-2,5-7,9-10,14H,3-4,8,11-12H2/t14-/m0/s1. The first kappa shape index (κ1) is 18.5. The summed E-state index contributed by atoms with van der Waals surface area (Å²) in [6.07, 6.45) is 3.70. The Morgan fingerprint density at radius 1 is 1.24 bits per heavy atom. The third kappa shape index (κ3) is 3.61. The molecule has 0 spiro atoms. The molecule has 7 nitrogen and oxygen atoms in total. The van der Waals surface area contributed by atoms with Crippen LogP contribution in [0, 0.1) is 0 Å². The first-order valence-electron chi connectivity index (χ1n) is 9.39. The monoisotopic (exact) mass is 426 g/mol. The Morgan fingerprint density at radius 2 is 2.14 bits per heavy atom. The minimum Gasteiger partial charge on any atom is -0.376 e. The molecule has 9 heteroatoms. The molecule has 0 aliphatic carbocycles. The lowest BCUT2D eigenvalue weighted by Crippen LogP contribution is -2.28. The zero-order chi connectivity index (χ0) is 19.8. The number of rotatable bonds is 5. The van der Waals surface area contributed by atoms with Crippen molar-refractivity contribution < 1.29 is 4.74 Å². The molecule has 4 heterocycles. The lowest BCUT2D eigenvalue weighted by atomic mass is 10.2. The maximum absolute atomic E-state index is 13.1. The van der Waals surface area contributed by atoms with E-state index in [0.29, 0.717) is 39.0 Å². The highest BCUT2D eigenvalue weighted by Gasteiger charge is 2.20. The number of benzene rings is 1. The van der Waals surface area contributed by atoms with Crippen LogP contribution >= 0.6 is 23.1 Å². The van der Waals surface area contributed by atoms with Gasteiger partial charge in [0.25, 0.3) is 11.1 Å². The highest BCUT2D eigenvalue weighted by Crippen LogP contribution is 2.23. The number of fused-ring (bicyclic) bond motifs is 2. The molecule has 5 rings (SSSR count). The van der Waals surface area contributed by atoms with Crippen LogP contribution in [0.3, 0.4) is 0 Å². The van der Waals surface area contributed by atoms with Gasteiger partial charge in [0.15, 0.2) is 10.1 Å². The van der Waals surface area contributed by atoms with Gasteiger partial charge in [0.2, 0.25) is 0 Å². The lowest BCUT2D eigenvalue weighted by Gasteiger charge is -2.16. The second-order valence-electron chi connectivity index (χ2n) is 6.89. The largest absolute Gasteiger partial charge is 0.376 e. The van der Waals surface area contributed by atoms with E-state index in [4.69, 9.17) is 9.72 Å². The molecular formula is C20H18N4O3S2. The van der Waals surface area contributed by atoms with Crippen LogP contribution in [0.25, 0.3) is 15.9 Å². The van der Waals surface area contributed by atoms with Crippen LogP contribution < -0.4 is 11.1 Å². The van der Waals surface area contributed by atoms with E-state index < -0.39 is 0 Å². The van der Waals surface area contributed by atoms with Crippen LogP contribution in [0.1, 0.15) is 18.5 Å². The van der Waals surface area contributed by atoms with Gasteiger partial charge >= 0.3 is 0 Å². The molecule has 1 aliphatic heterocycles. The van der Waals surface area contributed by atoms with Gasteiger partial charge in [-0.05, 0) is 25.0 Å². The quantitative estimate of drug-likeness (QED) is 0.361. The summed E-state index contributed by atoms with van der Waals surface area (Å²) < 4.78 is 8.98. The highest BCUT2D eigenvalue weighted by molar-refractivity contribution is 7.98. The van der Waals surface area contributed by atoms with Gasteiger partial charge in [0.05, 0.1) is 29.2 Å². The Labute approximate surface area is 174 Å². The number of thioether (sulfide) groups is 1. The summed E-state index contributed by atoms with van der Waals surface area (Å²) in [5.41, 5.74) is 1.18. The molecule has 0 saturated carbocycles. The van der Waals surface area contributed by atoms with E-state index in [1.165, 1.54) is 33.6 Å². The Kier molecular flexibility index (Phi) is 4.94. The van der Waals surface area contributed by atoms with E-state index in [2.05, 4.69) is 4.98 Å². The van der Waals surface area contributed by atoms with E-state index in [9.17, 15) is 9.59 Å². The third-order valence-corrected chi connectivity index (χ3v) is 6.71. The van der Waals surface area contributed by atoms with Crippen molar-refractivity contribution in [1.29, 1.82) is 0 Å². The summed E-state index contributed by atoms with van der Waals surface area (Å²) in [5, 5.41) is 3.06. The van der Waals surface area contributed by atoms with Gasteiger partial charge in [-0.3, -0.25) is 18.6 Å². The Bertz CT molecular complexity index is 1300. The Hall–Kier alpha value is -2.49. The summed E-state index contributed by atoms with van der Waals surface area (Å²) in [5.74, 6) is 0.458. The molecule has 29 heavy (non-hydrogen) atoms. The second kappa shape index (κ2) is 7.74. The van der Waals surface area contributed by atoms with E-state index in [1.807, 2.05) is 23.6 Å². The van der Waals surface area contributed by atoms with E-state index in [-0.39, 0.29) is 17.2 Å². The van der Waals surface area contributed by atoms with Crippen molar-refractivity contribution in [3.8, 4) is 0 Å². The van der Waals surface area contributed by atoms with Crippen LogP contribution in [0.2, 0.25) is 0 Å². The molecule has 1 aromatic carbocycles. The molecule has 148 valence electrons. The zero-order valence-corrected chi connectivity index (χ0v) is 17.1. The fourth-order valence-electron chi connectivity index (χ4n) is 3.51. The fourth-order valence-corrected chi connectivity index (χ4v) is 5.15. The maximum atomic E-state index is 13.1. The SMILES string of the molecule is O=c1c2ccccc2nc(SCc2cc(=O)n3ccsc3n2)n1C[C@@H]1CCCO1. The first-order chi connectivity index (χ1) is 14.2. The van der Waals surface area contributed by atoms with Crippen molar-refractivity contribution in [3.05, 3.63) is 68.3 Å². The molecule has 4 aromatic rings. The zero-order valence-electron chi connectivity index (χ0n) is 15.5. The summed E-state index contributed by atoms with van der Waals surface area (Å²) in [6.45, 7) is 1.22. The van der Waals surface area contributed by atoms with Crippen LogP contribution in [0.4, 0.5) is 0 Å². The molecule has 0 N–H and O–H groups in total. The summed E-state index contributed by atoms with van der Waals surface area (Å²) in [6, 6.07) is 8.91. The summed E-state index contributed by atoms with van der Waals surface area (Å²) >= 11 is 2.84. The molecule has 0 bridgehead atoms. The predicted octanol–water partition coefficient (Wildman–Crippen LogP) is 2.94. The summed E-state index contributed by atoms with van der Waals surface area (Å²) in [4.78, 5) is 35.3.